The number of nitrogens with one attached hydrogen (secondary N) is 1. The molecule has 4 nitrogen and oxygen atoms in total. The third-order valence-electron chi connectivity index (χ3n) is 1.40. The van der Waals surface area contributed by atoms with Crippen LogP contribution in [0.4, 0.5) is 0 Å². The summed E-state index contributed by atoms with van der Waals surface area (Å²) in [7, 11) is 0. The van der Waals surface area contributed by atoms with Gasteiger partial charge in [-0.25, -0.2) is 0 Å². The van der Waals surface area contributed by atoms with Crippen molar-refractivity contribution in [2.45, 2.75) is 32.6 Å². The van der Waals surface area contributed by atoms with Crippen molar-refractivity contribution in [3.8, 4) is 0 Å². The molecule has 0 saturated heterocycles. The molecule has 0 aliphatic rings. The van der Waals surface area contributed by atoms with Crippen molar-refractivity contribution in [1.82, 2.24) is 5.32 Å². The summed E-state index contributed by atoms with van der Waals surface area (Å²) < 4.78 is 0. The number of hydrogen-bond donors (Lipinski definition) is 2. The van der Waals surface area contributed by atoms with Crippen molar-refractivity contribution in [2.75, 3.05) is 6.54 Å². The Balaban J connectivity index is 3.19. The molecule has 0 aromatic carbocycles. The topological polar surface area (TPSA) is 72.2 Å². The Bertz CT molecular complexity index is 157. The quantitative estimate of drug-likeness (QED) is 0.560. The summed E-state index contributed by atoms with van der Waals surface area (Å²) in [5.74, 6) is -0.276. The van der Waals surface area contributed by atoms with Crippen LogP contribution >= 0.6 is 0 Å². The molecule has 4 heteroatoms. The van der Waals surface area contributed by atoms with Crippen LogP contribution in [0.2, 0.25) is 0 Å². The molecule has 0 radical (unpaired) electrons. The zero-order valence-electron chi connectivity index (χ0n) is 7.43. The fourth-order valence-electron chi connectivity index (χ4n) is 0.806. The van der Waals surface area contributed by atoms with Crippen LogP contribution in [-0.4, -0.2) is 18.4 Å². The lowest BCUT2D eigenvalue weighted by Gasteiger charge is -2.01. The minimum atomic E-state index is -0.320. The largest absolute Gasteiger partial charge is 0.370 e. The number of hydrogen-bond acceptors (Lipinski definition) is 2. The molecule has 70 valence electrons. The van der Waals surface area contributed by atoms with Crippen LogP contribution < -0.4 is 11.1 Å². The summed E-state index contributed by atoms with van der Waals surface area (Å²) >= 11 is 0. The van der Waals surface area contributed by atoms with Gasteiger partial charge >= 0.3 is 0 Å². The lowest BCUT2D eigenvalue weighted by Crippen LogP contribution is -2.25. The first kappa shape index (κ1) is 10.9. The van der Waals surface area contributed by atoms with E-state index in [9.17, 15) is 9.59 Å². The maximum absolute atomic E-state index is 10.9. The summed E-state index contributed by atoms with van der Waals surface area (Å²) in [6, 6.07) is 0. The van der Waals surface area contributed by atoms with Gasteiger partial charge in [0, 0.05) is 19.4 Å². The van der Waals surface area contributed by atoms with Crippen LogP contribution in [0.1, 0.15) is 32.6 Å². The van der Waals surface area contributed by atoms with E-state index in [0.717, 1.165) is 6.42 Å². The maximum Gasteiger partial charge on any atom is 0.219 e. The summed E-state index contributed by atoms with van der Waals surface area (Å²) in [6.07, 6.45) is 2.37. The van der Waals surface area contributed by atoms with E-state index in [1.807, 2.05) is 6.92 Å². The lowest BCUT2D eigenvalue weighted by molar-refractivity contribution is -0.121. The third-order valence-corrected chi connectivity index (χ3v) is 1.40. The van der Waals surface area contributed by atoms with Gasteiger partial charge in [-0.15, -0.1) is 0 Å². The molecule has 0 aromatic heterocycles. The molecular formula is C8H16N2O2. The molecule has 0 rings (SSSR count). The molecule has 0 saturated carbocycles. The standard InChI is InChI=1S/C8H16N2O2/c1-2-4-8(12)10-6-3-5-7(9)11/h2-6H2,1H3,(H2,9,11)(H,10,12). The summed E-state index contributed by atoms with van der Waals surface area (Å²) in [5, 5.41) is 2.69. The molecule has 0 bridgehead atoms. The molecule has 0 fully saturated rings. The number of amides is 2. The molecule has 0 spiro atoms. The van der Waals surface area contributed by atoms with Gasteiger partial charge < -0.3 is 11.1 Å². The van der Waals surface area contributed by atoms with Crippen molar-refractivity contribution in [3.63, 3.8) is 0 Å². The third kappa shape index (κ3) is 7.05. The van der Waals surface area contributed by atoms with E-state index in [0.29, 0.717) is 25.8 Å². The molecule has 12 heavy (non-hydrogen) atoms. The number of carbonyl (C=O) groups excluding carboxylic acids is 2. The highest BCUT2D eigenvalue weighted by Crippen LogP contribution is 1.88. The molecule has 0 aliphatic heterocycles. The first-order chi connectivity index (χ1) is 5.66. The van der Waals surface area contributed by atoms with E-state index in [1.165, 1.54) is 0 Å². The number of primary amides is 1. The molecule has 0 heterocycles. The van der Waals surface area contributed by atoms with Gasteiger partial charge in [-0.2, -0.15) is 0 Å². The van der Waals surface area contributed by atoms with E-state index >= 15 is 0 Å². The van der Waals surface area contributed by atoms with Gasteiger partial charge in [0.05, 0.1) is 0 Å². The maximum atomic E-state index is 10.9. The second-order valence-electron chi connectivity index (χ2n) is 2.67. The van der Waals surface area contributed by atoms with E-state index in [2.05, 4.69) is 5.32 Å². The zero-order chi connectivity index (χ0) is 9.40. The minimum Gasteiger partial charge on any atom is -0.370 e. The Hall–Kier alpha value is -1.06. The number of carbonyl (C=O) groups is 2. The average Bonchev–Trinajstić information content (AvgIpc) is 1.98. The first-order valence-corrected chi connectivity index (χ1v) is 4.21. The van der Waals surface area contributed by atoms with E-state index in [1.54, 1.807) is 0 Å². The number of nitrogens with two attached hydrogens (primary N) is 1. The summed E-state index contributed by atoms with van der Waals surface area (Å²) in [6.45, 7) is 2.49. The molecule has 3 N–H and O–H groups in total. The van der Waals surface area contributed by atoms with Crippen LogP contribution in [0, 0.1) is 0 Å². The van der Waals surface area contributed by atoms with Gasteiger partial charge in [0.1, 0.15) is 0 Å². The number of rotatable bonds is 6. The monoisotopic (exact) mass is 172 g/mol. The Kier molecular flexibility index (Phi) is 6.05. The zero-order valence-corrected chi connectivity index (χ0v) is 7.43. The fourth-order valence-corrected chi connectivity index (χ4v) is 0.806. The molecular weight excluding hydrogens is 156 g/mol. The van der Waals surface area contributed by atoms with Crippen LogP contribution in [0.3, 0.4) is 0 Å². The lowest BCUT2D eigenvalue weighted by atomic mass is 10.3. The molecule has 0 unspecified atom stereocenters. The molecule has 0 atom stereocenters. The second kappa shape index (κ2) is 6.64. The molecule has 2 amide bonds. The van der Waals surface area contributed by atoms with E-state index in [4.69, 9.17) is 5.73 Å². The van der Waals surface area contributed by atoms with Crippen LogP contribution in [0.25, 0.3) is 0 Å². The first-order valence-electron chi connectivity index (χ1n) is 4.21. The van der Waals surface area contributed by atoms with Gasteiger partial charge in [0.15, 0.2) is 0 Å². The Morgan fingerprint density at radius 1 is 1.33 bits per heavy atom. The Labute approximate surface area is 72.5 Å². The normalized spacial score (nSPS) is 9.42. The predicted octanol–water partition coefficient (Wildman–Crippen LogP) is 0.168. The molecule has 0 aliphatic carbocycles. The van der Waals surface area contributed by atoms with Gasteiger partial charge in [-0.05, 0) is 12.8 Å². The van der Waals surface area contributed by atoms with Crippen molar-refractivity contribution in [1.29, 1.82) is 0 Å². The van der Waals surface area contributed by atoms with Crippen LogP contribution in [0.5, 0.6) is 0 Å². The highest BCUT2D eigenvalue weighted by atomic mass is 16.2. The minimum absolute atomic E-state index is 0.0435. The van der Waals surface area contributed by atoms with Crippen molar-refractivity contribution < 1.29 is 9.59 Å². The van der Waals surface area contributed by atoms with Crippen molar-refractivity contribution in [2.24, 2.45) is 5.73 Å². The smallest absolute Gasteiger partial charge is 0.219 e. The van der Waals surface area contributed by atoms with Gasteiger partial charge in [-0.3, -0.25) is 9.59 Å². The Morgan fingerprint density at radius 2 is 2.00 bits per heavy atom. The second-order valence-corrected chi connectivity index (χ2v) is 2.67. The van der Waals surface area contributed by atoms with Crippen LogP contribution in [0.15, 0.2) is 0 Å². The van der Waals surface area contributed by atoms with Gasteiger partial charge in [0.2, 0.25) is 11.8 Å². The van der Waals surface area contributed by atoms with Crippen molar-refractivity contribution >= 4 is 11.8 Å². The van der Waals surface area contributed by atoms with Crippen LogP contribution in [-0.2, 0) is 9.59 Å². The van der Waals surface area contributed by atoms with E-state index < -0.39 is 0 Å². The Morgan fingerprint density at radius 3 is 2.50 bits per heavy atom. The predicted molar refractivity (Wildman–Crippen MR) is 46.3 cm³/mol. The average molecular weight is 172 g/mol. The van der Waals surface area contributed by atoms with Crippen molar-refractivity contribution in [3.05, 3.63) is 0 Å². The van der Waals surface area contributed by atoms with Gasteiger partial charge in [-0.1, -0.05) is 6.92 Å². The summed E-state index contributed by atoms with van der Waals surface area (Å²) in [4.78, 5) is 21.1. The SMILES string of the molecule is CCCC(=O)NCCCC(N)=O. The summed E-state index contributed by atoms with van der Waals surface area (Å²) in [5.41, 5.74) is 4.92. The highest BCUT2D eigenvalue weighted by Gasteiger charge is 1.98. The molecule has 0 aromatic rings. The highest BCUT2D eigenvalue weighted by molar-refractivity contribution is 5.76. The van der Waals surface area contributed by atoms with Gasteiger partial charge in [0.25, 0.3) is 0 Å². The fraction of sp³-hybridized carbons (Fsp3) is 0.750. The van der Waals surface area contributed by atoms with E-state index in [-0.39, 0.29) is 11.8 Å².